The molecular formula is C18H14ClNO4S2. The molecule has 0 saturated carbocycles. The van der Waals surface area contributed by atoms with Gasteiger partial charge in [-0.05, 0) is 60.0 Å². The number of hydrogen-bond acceptors (Lipinski definition) is 5. The second-order valence-electron chi connectivity index (χ2n) is 5.32. The third kappa shape index (κ3) is 3.90. The van der Waals surface area contributed by atoms with Crippen LogP contribution >= 0.6 is 22.9 Å². The van der Waals surface area contributed by atoms with Crippen LogP contribution in [0, 0.1) is 0 Å². The van der Waals surface area contributed by atoms with Crippen molar-refractivity contribution in [2.24, 2.45) is 0 Å². The van der Waals surface area contributed by atoms with Gasteiger partial charge in [-0.1, -0.05) is 11.6 Å². The van der Waals surface area contributed by atoms with Gasteiger partial charge in [0.05, 0.1) is 16.1 Å². The molecule has 26 heavy (non-hydrogen) atoms. The quantitative estimate of drug-likeness (QED) is 0.463. The predicted molar refractivity (Wildman–Crippen MR) is 103 cm³/mol. The van der Waals surface area contributed by atoms with Gasteiger partial charge in [0, 0.05) is 17.5 Å². The molecule has 5 nitrogen and oxygen atoms in total. The normalized spacial score (nSPS) is 11.2. The minimum atomic E-state index is -3.71. The van der Waals surface area contributed by atoms with Gasteiger partial charge in [-0.25, -0.2) is 13.2 Å². The van der Waals surface area contributed by atoms with Gasteiger partial charge < -0.3 is 4.74 Å². The summed E-state index contributed by atoms with van der Waals surface area (Å²) in [5, 5.41) is 3.95. The maximum Gasteiger partial charge on any atom is 0.344 e. The highest BCUT2D eigenvalue weighted by atomic mass is 35.5. The van der Waals surface area contributed by atoms with Crippen molar-refractivity contribution in [3.63, 3.8) is 0 Å². The molecule has 0 radical (unpaired) electrons. The van der Waals surface area contributed by atoms with Crippen LogP contribution < -0.4 is 9.04 Å². The van der Waals surface area contributed by atoms with Gasteiger partial charge in [0.25, 0.3) is 10.0 Å². The molecule has 0 amide bonds. The van der Waals surface area contributed by atoms with Gasteiger partial charge >= 0.3 is 5.97 Å². The molecule has 2 aromatic carbocycles. The van der Waals surface area contributed by atoms with Crippen molar-refractivity contribution in [3.05, 3.63) is 75.9 Å². The molecule has 1 heterocycles. The van der Waals surface area contributed by atoms with Crippen LogP contribution in [0.5, 0.6) is 5.75 Å². The average Bonchev–Trinajstić information content (AvgIpc) is 3.17. The Morgan fingerprint density at radius 3 is 2.27 bits per heavy atom. The Hall–Kier alpha value is -2.35. The number of sulfonamides is 1. The lowest BCUT2D eigenvalue weighted by Crippen LogP contribution is -2.26. The molecule has 3 aromatic rings. The summed E-state index contributed by atoms with van der Waals surface area (Å²) in [6.07, 6.45) is 0. The number of benzene rings is 2. The van der Waals surface area contributed by atoms with Crippen LogP contribution in [0.4, 0.5) is 5.69 Å². The molecule has 0 unspecified atom stereocenters. The smallest absolute Gasteiger partial charge is 0.344 e. The topological polar surface area (TPSA) is 63.7 Å². The SMILES string of the molecule is CN(c1ccc(OC(=O)c2ccsc2)cc1)S(=O)(=O)c1ccc(Cl)cc1. The second-order valence-corrected chi connectivity index (χ2v) is 8.51. The van der Waals surface area contributed by atoms with E-state index in [1.54, 1.807) is 41.1 Å². The van der Waals surface area contributed by atoms with Crippen LogP contribution in [0.3, 0.4) is 0 Å². The van der Waals surface area contributed by atoms with Crippen molar-refractivity contribution >= 4 is 44.6 Å². The van der Waals surface area contributed by atoms with Crippen molar-refractivity contribution < 1.29 is 17.9 Å². The lowest BCUT2D eigenvalue weighted by Gasteiger charge is -2.19. The Morgan fingerprint density at radius 2 is 1.69 bits per heavy atom. The first-order chi connectivity index (χ1) is 12.4. The number of esters is 1. The highest BCUT2D eigenvalue weighted by molar-refractivity contribution is 7.92. The van der Waals surface area contributed by atoms with E-state index in [2.05, 4.69) is 0 Å². The first-order valence-corrected chi connectivity index (χ1v) is 10.2. The number of carbonyl (C=O) groups is 1. The first kappa shape index (κ1) is 18.4. The van der Waals surface area contributed by atoms with Crippen LogP contribution in [0.1, 0.15) is 10.4 Å². The summed E-state index contributed by atoms with van der Waals surface area (Å²) < 4.78 is 31.7. The number of nitrogens with zero attached hydrogens (tertiary/aromatic N) is 1. The molecule has 0 spiro atoms. The molecule has 8 heteroatoms. The second kappa shape index (κ2) is 7.49. The molecule has 0 saturated heterocycles. The molecule has 3 rings (SSSR count). The molecular weight excluding hydrogens is 394 g/mol. The van der Waals surface area contributed by atoms with Gasteiger partial charge in [0.15, 0.2) is 0 Å². The summed E-state index contributed by atoms with van der Waals surface area (Å²) in [6.45, 7) is 0. The van der Waals surface area contributed by atoms with E-state index in [1.165, 1.54) is 42.6 Å². The third-order valence-electron chi connectivity index (χ3n) is 3.64. The summed E-state index contributed by atoms with van der Waals surface area (Å²) in [6, 6.07) is 13.9. The zero-order chi connectivity index (χ0) is 18.7. The van der Waals surface area contributed by atoms with Crippen molar-refractivity contribution in [1.29, 1.82) is 0 Å². The van der Waals surface area contributed by atoms with Crippen LogP contribution in [-0.4, -0.2) is 21.4 Å². The Bertz CT molecular complexity index is 998. The predicted octanol–water partition coefficient (Wildman–Crippen LogP) is 4.45. The molecule has 0 bridgehead atoms. The number of carbonyl (C=O) groups excluding carboxylic acids is 1. The van der Waals surface area contributed by atoms with Crippen molar-refractivity contribution in [3.8, 4) is 5.75 Å². The molecule has 0 aliphatic rings. The lowest BCUT2D eigenvalue weighted by atomic mass is 10.3. The van der Waals surface area contributed by atoms with Crippen LogP contribution in [0.2, 0.25) is 5.02 Å². The highest BCUT2D eigenvalue weighted by Crippen LogP contribution is 2.25. The largest absolute Gasteiger partial charge is 0.423 e. The van der Waals surface area contributed by atoms with Crippen molar-refractivity contribution in [2.75, 3.05) is 11.4 Å². The Balaban J connectivity index is 1.77. The van der Waals surface area contributed by atoms with Crippen molar-refractivity contribution in [2.45, 2.75) is 4.90 Å². The van der Waals surface area contributed by atoms with Crippen LogP contribution in [0.15, 0.2) is 70.3 Å². The third-order valence-corrected chi connectivity index (χ3v) is 6.37. The van der Waals surface area contributed by atoms with Gasteiger partial charge in [-0.2, -0.15) is 11.3 Å². The molecule has 0 fully saturated rings. The number of hydrogen-bond donors (Lipinski definition) is 0. The molecule has 0 N–H and O–H groups in total. The fourth-order valence-corrected chi connectivity index (χ4v) is 4.12. The van der Waals surface area contributed by atoms with Gasteiger partial charge in [0.1, 0.15) is 5.75 Å². The molecule has 0 aliphatic heterocycles. The maximum absolute atomic E-state index is 12.7. The van der Waals surface area contributed by atoms with Gasteiger partial charge in [0.2, 0.25) is 0 Å². The number of anilines is 1. The van der Waals surface area contributed by atoms with E-state index in [9.17, 15) is 13.2 Å². The summed E-state index contributed by atoms with van der Waals surface area (Å²) in [4.78, 5) is 12.1. The van der Waals surface area contributed by atoms with Gasteiger partial charge in [-0.15, -0.1) is 0 Å². The minimum Gasteiger partial charge on any atom is -0.423 e. The molecule has 134 valence electrons. The molecule has 1 aromatic heterocycles. The van der Waals surface area contributed by atoms with Gasteiger partial charge in [-0.3, -0.25) is 4.31 Å². The monoisotopic (exact) mass is 407 g/mol. The van der Waals surface area contributed by atoms with Crippen LogP contribution in [-0.2, 0) is 10.0 Å². The average molecular weight is 408 g/mol. The fourth-order valence-electron chi connectivity index (χ4n) is 2.17. The Labute approximate surface area is 160 Å². The number of rotatable bonds is 5. The van der Waals surface area contributed by atoms with E-state index in [1.807, 2.05) is 0 Å². The summed E-state index contributed by atoms with van der Waals surface area (Å²) in [5.41, 5.74) is 0.914. The van der Waals surface area contributed by atoms with Crippen LogP contribution in [0.25, 0.3) is 0 Å². The van der Waals surface area contributed by atoms with E-state index in [0.717, 1.165) is 4.31 Å². The standard InChI is InChI=1S/C18H14ClNO4S2/c1-20(26(22,23)17-8-2-14(19)3-9-17)15-4-6-16(7-5-15)24-18(21)13-10-11-25-12-13/h2-12H,1H3. The lowest BCUT2D eigenvalue weighted by molar-refractivity contribution is 0.0735. The Kier molecular flexibility index (Phi) is 5.31. The first-order valence-electron chi connectivity index (χ1n) is 7.47. The summed E-state index contributed by atoms with van der Waals surface area (Å²) in [5.74, 6) is -0.122. The molecule has 0 aliphatic carbocycles. The minimum absolute atomic E-state index is 0.136. The number of thiophene rings is 1. The summed E-state index contributed by atoms with van der Waals surface area (Å²) in [7, 11) is -2.26. The molecule has 0 atom stereocenters. The van der Waals surface area contributed by atoms with E-state index >= 15 is 0 Å². The zero-order valence-corrected chi connectivity index (χ0v) is 16.0. The van der Waals surface area contributed by atoms with E-state index in [0.29, 0.717) is 22.0 Å². The van der Waals surface area contributed by atoms with E-state index < -0.39 is 16.0 Å². The van der Waals surface area contributed by atoms with E-state index in [-0.39, 0.29) is 4.90 Å². The summed E-state index contributed by atoms with van der Waals surface area (Å²) >= 11 is 7.21. The fraction of sp³-hybridized carbons (Fsp3) is 0.0556. The van der Waals surface area contributed by atoms with E-state index in [4.69, 9.17) is 16.3 Å². The Morgan fingerprint density at radius 1 is 1.04 bits per heavy atom. The van der Waals surface area contributed by atoms with Crippen molar-refractivity contribution in [1.82, 2.24) is 0 Å². The zero-order valence-electron chi connectivity index (χ0n) is 13.6. The highest BCUT2D eigenvalue weighted by Gasteiger charge is 2.21. The number of ether oxygens (including phenoxy) is 1. The maximum atomic E-state index is 12.7. The number of halogens is 1.